The van der Waals surface area contributed by atoms with Gasteiger partial charge in [-0.25, -0.2) is 4.98 Å². The summed E-state index contributed by atoms with van der Waals surface area (Å²) in [4.78, 5) is 4.00. The van der Waals surface area contributed by atoms with E-state index >= 15 is 0 Å². The van der Waals surface area contributed by atoms with E-state index in [1.165, 1.54) is 0 Å². The van der Waals surface area contributed by atoms with Crippen LogP contribution in [-0.4, -0.2) is 4.98 Å². The molecular weight excluding hydrogens is 136 g/mol. The van der Waals surface area contributed by atoms with Gasteiger partial charge in [0.05, 0.1) is 5.56 Å². The molecule has 0 aliphatic carbocycles. The topological polar surface area (TPSA) is 36.7 Å². The third kappa shape index (κ3) is 1.36. The molecule has 0 amide bonds. The van der Waals surface area contributed by atoms with E-state index in [9.17, 15) is 0 Å². The number of hydrogen-bond donors (Lipinski definition) is 0. The van der Waals surface area contributed by atoms with Gasteiger partial charge in [0.1, 0.15) is 11.8 Å². The smallest absolute Gasteiger partial charge is 0.130 e. The van der Waals surface area contributed by atoms with Gasteiger partial charge in [-0.05, 0) is 25.0 Å². The fourth-order valence-electron chi connectivity index (χ4n) is 0.757. The summed E-state index contributed by atoms with van der Waals surface area (Å²) >= 11 is 0. The Balaban J connectivity index is 3.34. The Bertz CT molecular complexity index is 353. The molecular formula is C9H6N2. The van der Waals surface area contributed by atoms with Crippen LogP contribution in [0, 0.1) is 30.6 Å². The normalized spacial score (nSPS) is 8.27. The zero-order valence-electron chi connectivity index (χ0n) is 6.13. The van der Waals surface area contributed by atoms with Crippen LogP contribution >= 0.6 is 0 Å². The first-order valence-corrected chi connectivity index (χ1v) is 3.12. The second-order valence-corrected chi connectivity index (χ2v) is 2.10. The third-order valence-electron chi connectivity index (χ3n) is 1.29. The summed E-state index contributed by atoms with van der Waals surface area (Å²) in [5.74, 6) is 2.35. The first-order valence-electron chi connectivity index (χ1n) is 3.12. The second kappa shape index (κ2) is 2.86. The van der Waals surface area contributed by atoms with E-state index < -0.39 is 0 Å². The minimum Gasteiger partial charge on any atom is -0.243 e. The van der Waals surface area contributed by atoms with Gasteiger partial charge in [-0.2, -0.15) is 5.26 Å². The van der Waals surface area contributed by atoms with Crippen molar-refractivity contribution in [3.63, 3.8) is 0 Å². The van der Waals surface area contributed by atoms with Crippen molar-refractivity contribution < 1.29 is 0 Å². The molecule has 0 aromatic carbocycles. The molecule has 0 atom stereocenters. The van der Waals surface area contributed by atoms with E-state index in [0.717, 1.165) is 5.69 Å². The number of nitriles is 1. The summed E-state index contributed by atoms with van der Waals surface area (Å²) in [6, 6.07) is 5.41. The van der Waals surface area contributed by atoms with Crippen LogP contribution in [0.1, 0.15) is 17.0 Å². The molecule has 11 heavy (non-hydrogen) atoms. The lowest BCUT2D eigenvalue weighted by atomic mass is 10.2. The van der Waals surface area contributed by atoms with Crippen molar-refractivity contribution in [1.29, 1.82) is 5.26 Å². The first kappa shape index (κ1) is 7.31. The highest BCUT2D eigenvalue weighted by molar-refractivity contribution is 5.42. The van der Waals surface area contributed by atoms with E-state index in [4.69, 9.17) is 11.7 Å². The third-order valence-corrected chi connectivity index (χ3v) is 1.29. The minimum absolute atomic E-state index is 0.424. The van der Waals surface area contributed by atoms with Gasteiger partial charge in [0.25, 0.3) is 0 Å². The van der Waals surface area contributed by atoms with Crippen molar-refractivity contribution in [2.75, 3.05) is 0 Å². The highest BCUT2D eigenvalue weighted by atomic mass is 14.7. The van der Waals surface area contributed by atoms with Gasteiger partial charge in [-0.15, -0.1) is 6.42 Å². The fourth-order valence-corrected chi connectivity index (χ4v) is 0.757. The molecule has 0 radical (unpaired) electrons. The number of aryl methyl sites for hydroxylation is 1. The number of aromatic nitrogens is 1. The van der Waals surface area contributed by atoms with Crippen LogP contribution in [0.15, 0.2) is 12.1 Å². The molecule has 0 aliphatic heterocycles. The van der Waals surface area contributed by atoms with Crippen molar-refractivity contribution in [3.05, 3.63) is 29.1 Å². The second-order valence-electron chi connectivity index (χ2n) is 2.10. The van der Waals surface area contributed by atoms with Crippen molar-refractivity contribution in [3.8, 4) is 18.4 Å². The molecule has 52 valence electrons. The number of pyridine rings is 1. The van der Waals surface area contributed by atoms with Crippen LogP contribution < -0.4 is 0 Å². The Kier molecular flexibility index (Phi) is 1.90. The molecule has 2 heteroatoms. The zero-order chi connectivity index (χ0) is 8.27. The van der Waals surface area contributed by atoms with Gasteiger partial charge in [-0.3, -0.25) is 0 Å². The maximum atomic E-state index is 8.55. The molecule has 2 nitrogen and oxygen atoms in total. The number of hydrogen-bond acceptors (Lipinski definition) is 2. The van der Waals surface area contributed by atoms with Gasteiger partial charge in [0.15, 0.2) is 0 Å². The predicted octanol–water partition coefficient (Wildman–Crippen LogP) is 1.24. The number of nitrogens with zero attached hydrogens (tertiary/aromatic N) is 2. The molecule has 1 rings (SSSR count). The van der Waals surface area contributed by atoms with E-state index in [-0.39, 0.29) is 0 Å². The molecule has 0 spiro atoms. The van der Waals surface area contributed by atoms with Crippen LogP contribution in [0.2, 0.25) is 0 Å². The molecule has 1 aromatic rings. The average Bonchev–Trinajstić information content (AvgIpc) is 2.04. The highest BCUT2D eigenvalue weighted by Gasteiger charge is 1.98. The Morgan fingerprint density at radius 1 is 1.55 bits per heavy atom. The number of terminal acetylenes is 1. The summed E-state index contributed by atoms with van der Waals surface area (Å²) in [7, 11) is 0. The van der Waals surface area contributed by atoms with Crippen molar-refractivity contribution in [2.45, 2.75) is 6.92 Å². The monoisotopic (exact) mass is 142 g/mol. The van der Waals surface area contributed by atoms with Crippen LogP contribution in [0.25, 0.3) is 0 Å². The maximum Gasteiger partial charge on any atom is 0.130 e. The van der Waals surface area contributed by atoms with Gasteiger partial charge in [0.2, 0.25) is 0 Å². The van der Waals surface area contributed by atoms with Crippen LogP contribution in [-0.2, 0) is 0 Å². The summed E-state index contributed by atoms with van der Waals surface area (Å²) in [5.41, 5.74) is 1.71. The quantitative estimate of drug-likeness (QED) is 0.511. The maximum absolute atomic E-state index is 8.55. The van der Waals surface area contributed by atoms with E-state index in [0.29, 0.717) is 11.3 Å². The molecule has 0 aliphatic rings. The SMILES string of the molecule is C#Cc1nc(C)ccc1C#N. The summed E-state index contributed by atoms with van der Waals surface area (Å²) in [5, 5.41) is 8.55. The summed E-state index contributed by atoms with van der Waals surface area (Å²) in [6.45, 7) is 1.84. The van der Waals surface area contributed by atoms with Crippen LogP contribution in [0.4, 0.5) is 0 Å². The van der Waals surface area contributed by atoms with Crippen LogP contribution in [0.5, 0.6) is 0 Å². The Hall–Kier alpha value is -1.80. The van der Waals surface area contributed by atoms with E-state index in [1.54, 1.807) is 12.1 Å². The van der Waals surface area contributed by atoms with Crippen molar-refractivity contribution in [1.82, 2.24) is 4.98 Å². The lowest BCUT2D eigenvalue weighted by Crippen LogP contribution is -1.90. The molecule has 0 saturated heterocycles. The van der Waals surface area contributed by atoms with Crippen molar-refractivity contribution in [2.24, 2.45) is 0 Å². The molecule has 1 heterocycles. The summed E-state index contributed by atoms with van der Waals surface area (Å²) in [6.07, 6.45) is 5.13. The molecule has 0 fully saturated rings. The largest absolute Gasteiger partial charge is 0.243 e. The Labute approximate surface area is 65.5 Å². The fraction of sp³-hybridized carbons (Fsp3) is 0.111. The van der Waals surface area contributed by atoms with Gasteiger partial charge in [-0.1, -0.05) is 0 Å². The molecule has 0 saturated carbocycles. The predicted molar refractivity (Wildman–Crippen MR) is 41.6 cm³/mol. The van der Waals surface area contributed by atoms with Crippen molar-refractivity contribution >= 4 is 0 Å². The lowest BCUT2D eigenvalue weighted by Gasteiger charge is -1.94. The van der Waals surface area contributed by atoms with Gasteiger partial charge >= 0.3 is 0 Å². The molecule has 0 unspecified atom stereocenters. The van der Waals surface area contributed by atoms with Gasteiger partial charge < -0.3 is 0 Å². The first-order chi connectivity index (χ1) is 5.27. The minimum atomic E-state index is 0.424. The molecule has 0 bridgehead atoms. The van der Waals surface area contributed by atoms with E-state index in [2.05, 4.69) is 10.9 Å². The molecule has 1 aromatic heterocycles. The highest BCUT2D eigenvalue weighted by Crippen LogP contribution is 2.03. The van der Waals surface area contributed by atoms with E-state index in [1.807, 2.05) is 13.0 Å². The standard InChI is InChI=1S/C9H6N2/c1-3-9-8(6-10)5-4-7(2)11-9/h1,4-5H,2H3. The Morgan fingerprint density at radius 2 is 2.27 bits per heavy atom. The van der Waals surface area contributed by atoms with Crippen LogP contribution in [0.3, 0.4) is 0 Å². The lowest BCUT2D eigenvalue weighted by molar-refractivity contribution is 1.16. The average molecular weight is 142 g/mol. The number of rotatable bonds is 0. The zero-order valence-corrected chi connectivity index (χ0v) is 6.13. The molecule has 0 N–H and O–H groups in total. The van der Waals surface area contributed by atoms with Gasteiger partial charge in [0, 0.05) is 5.69 Å². The Morgan fingerprint density at radius 3 is 2.82 bits per heavy atom. The summed E-state index contributed by atoms with van der Waals surface area (Å²) < 4.78 is 0.